The van der Waals surface area contributed by atoms with Gasteiger partial charge in [-0.3, -0.25) is 10.4 Å². The number of nitrogens with one attached hydrogen (secondary N) is 1. The van der Waals surface area contributed by atoms with Gasteiger partial charge in [0.25, 0.3) is 0 Å². The Bertz CT molecular complexity index is 147. The van der Waals surface area contributed by atoms with Gasteiger partial charge in [-0.15, -0.1) is 0 Å². The van der Waals surface area contributed by atoms with Crippen LogP contribution in [0.25, 0.3) is 0 Å². The summed E-state index contributed by atoms with van der Waals surface area (Å²) in [5.41, 5.74) is 6.17. The molecule has 0 aromatic rings. The second-order valence-electron chi connectivity index (χ2n) is 2.64. The number of nitrogens with two attached hydrogens (primary N) is 1. The Hall–Kier alpha value is -0.860. The Balaban J connectivity index is 3.80. The van der Waals surface area contributed by atoms with Crippen molar-refractivity contribution in [2.75, 3.05) is 6.54 Å². The summed E-state index contributed by atoms with van der Waals surface area (Å²) in [5, 5.41) is 6.90. The second kappa shape index (κ2) is 4.04. The number of rotatable bonds is 3. The minimum Gasteiger partial charge on any atom is -0.386 e. The number of hydrogen-bond acceptors (Lipinski definition) is 2. The predicted molar refractivity (Wildman–Crippen MR) is 44.7 cm³/mol. The molecule has 0 aliphatic rings. The van der Waals surface area contributed by atoms with Gasteiger partial charge in [0.1, 0.15) is 5.84 Å². The summed E-state index contributed by atoms with van der Waals surface area (Å²) in [5.74, 6) is 0.583. The summed E-state index contributed by atoms with van der Waals surface area (Å²) in [7, 11) is 0. The van der Waals surface area contributed by atoms with E-state index >= 15 is 0 Å². The number of hydrogen-bond donors (Lipinski definition) is 2. The molecule has 0 saturated carbocycles. The molecule has 3 N–H and O–H groups in total. The van der Waals surface area contributed by atoms with E-state index in [9.17, 15) is 0 Å². The molecular formula is C7H15N3. The van der Waals surface area contributed by atoms with Crippen molar-refractivity contribution in [3.63, 3.8) is 0 Å². The molecule has 3 nitrogen and oxygen atoms in total. The van der Waals surface area contributed by atoms with Crippen molar-refractivity contribution in [3.05, 3.63) is 0 Å². The summed E-state index contributed by atoms with van der Waals surface area (Å²) >= 11 is 0. The van der Waals surface area contributed by atoms with E-state index in [0.717, 1.165) is 5.71 Å². The second-order valence-corrected chi connectivity index (χ2v) is 2.64. The van der Waals surface area contributed by atoms with Gasteiger partial charge in [0.2, 0.25) is 0 Å². The molecule has 0 unspecified atom stereocenters. The van der Waals surface area contributed by atoms with Crippen LogP contribution in [0.4, 0.5) is 0 Å². The molecule has 0 aromatic heterocycles. The molecular weight excluding hydrogens is 126 g/mol. The van der Waals surface area contributed by atoms with E-state index in [4.69, 9.17) is 11.1 Å². The summed E-state index contributed by atoms with van der Waals surface area (Å²) < 4.78 is 0. The average Bonchev–Trinajstić information content (AvgIpc) is 1.82. The molecule has 0 amide bonds. The van der Waals surface area contributed by atoms with Crippen LogP contribution in [-0.4, -0.2) is 18.1 Å². The Morgan fingerprint density at radius 1 is 1.60 bits per heavy atom. The van der Waals surface area contributed by atoms with E-state index in [0.29, 0.717) is 12.5 Å². The third kappa shape index (κ3) is 4.06. The highest BCUT2D eigenvalue weighted by atomic mass is 14.8. The molecule has 0 rings (SSSR count). The molecule has 0 radical (unpaired) electrons. The van der Waals surface area contributed by atoms with Gasteiger partial charge >= 0.3 is 0 Å². The van der Waals surface area contributed by atoms with Crippen molar-refractivity contribution in [2.45, 2.75) is 20.8 Å². The van der Waals surface area contributed by atoms with Gasteiger partial charge in [0, 0.05) is 5.71 Å². The zero-order chi connectivity index (χ0) is 8.15. The summed E-state index contributed by atoms with van der Waals surface area (Å²) in [6, 6.07) is 0. The van der Waals surface area contributed by atoms with Gasteiger partial charge in [0.05, 0.1) is 6.54 Å². The molecule has 0 heterocycles. The lowest BCUT2D eigenvalue weighted by Crippen LogP contribution is -2.15. The number of amidine groups is 1. The highest BCUT2D eigenvalue weighted by Crippen LogP contribution is 1.95. The Morgan fingerprint density at radius 2 is 2.10 bits per heavy atom. The van der Waals surface area contributed by atoms with Gasteiger partial charge in [-0.05, 0) is 12.8 Å². The predicted octanol–water partition coefficient (Wildman–Crippen LogP) is 1.04. The lowest BCUT2D eigenvalue weighted by atomic mass is 10.1. The van der Waals surface area contributed by atoms with E-state index in [1.807, 2.05) is 6.92 Å². The Morgan fingerprint density at radius 3 is 2.40 bits per heavy atom. The highest BCUT2D eigenvalue weighted by molar-refractivity contribution is 5.87. The molecule has 0 saturated heterocycles. The van der Waals surface area contributed by atoms with Crippen LogP contribution in [0.3, 0.4) is 0 Å². The zero-order valence-electron chi connectivity index (χ0n) is 6.81. The van der Waals surface area contributed by atoms with Crippen molar-refractivity contribution in [1.82, 2.24) is 0 Å². The fourth-order valence-corrected chi connectivity index (χ4v) is 0.392. The average molecular weight is 141 g/mol. The van der Waals surface area contributed by atoms with Crippen LogP contribution in [0.2, 0.25) is 0 Å². The van der Waals surface area contributed by atoms with Crippen LogP contribution < -0.4 is 5.73 Å². The molecule has 0 fully saturated rings. The smallest absolute Gasteiger partial charge is 0.113 e. The lowest BCUT2D eigenvalue weighted by Gasteiger charge is -2.02. The maximum atomic E-state index is 6.90. The van der Waals surface area contributed by atoms with Crippen molar-refractivity contribution < 1.29 is 0 Å². The van der Waals surface area contributed by atoms with Crippen molar-refractivity contribution in [3.8, 4) is 0 Å². The molecule has 0 atom stereocenters. The van der Waals surface area contributed by atoms with Gasteiger partial charge in [-0.2, -0.15) is 0 Å². The van der Waals surface area contributed by atoms with Gasteiger partial charge in [-0.25, -0.2) is 0 Å². The minimum absolute atomic E-state index is 0.125. The standard InChI is InChI=1S/C7H15N3/c1-5(2)6(3)10-4-7(8)9/h5H,4H2,1-3H3,(H3,8,9). The topological polar surface area (TPSA) is 62.2 Å². The fourth-order valence-electron chi connectivity index (χ4n) is 0.392. The first kappa shape index (κ1) is 9.14. The molecule has 0 aliphatic heterocycles. The van der Waals surface area contributed by atoms with Crippen LogP contribution in [0.15, 0.2) is 4.99 Å². The van der Waals surface area contributed by atoms with E-state index in [-0.39, 0.29) is 5.84 Å². The van der Waals surface area contributed by atoms with Crippen molar-refractivity contribution >= 4 is 11.5 Å². The van der Waals surface area contributed by atoms with Crippen LogP contribution >= 0.6 is 0 Å². The summed E-state index contributed by atoms with van der Waals surface area (Å²) in [6.07, 6.45) is 0. The largest absolute Gasteiger partial charge is 0.386 e. The Labute approximate surface area is 61.8 Å². The monoisotopic (exact) mass is 141 g/mol. The normalized spacial score (nSPS) is 12.2. The lowest BCUT2D eigenvalue weighted by molar-refractivity contribution is 0.872. The van der Waals surface area contributed by atoms with E-state index in [2.05, 4.69) is 18.8 Å². The molecule has 0 aliphatic carbocycles. The van der Waals surface area contributed by atoms with Crippen molar-refractivity contribution in [2.24, 2.45) is 16.6 Å². The summed E-state index contributed by atoms with van der Waals surface area (Å²) in [6.45, 7) is 6.43. The van der Waals surface area contributed by atoms with E-state index in [1.54, 1.807) is 0 Å². The fraction of sp³-hybridized carbons (Fsp3) is 0.714. The molecule has 3 heteroatoms. The van der Waals surface area contributed by atoms with Gasteiger partial charge in [0.15, 0.2) is 0 Å². The number of aliphatic imine (C=N–C) groups is 1. The molecule has 10 heavy (non-hydrogen) atoms. The first-order chi connectivity index (χ1) is 4.54. The van der Waals surface area contributed by atoms with Crippen molar-refractivity contribution in [1.29, 1.82) is 5.41 Å². The highest BCUT2D eigenvalue weighted by Gasteiger charge is 1.96. The molecule has 0 aromatic carbocycles. The maximum absolute atomic E-state index is 6.90. The van der Waals surface area contributed by atoms with Crippen LogP contribution in [-0.2, 0) is 0 Å². The Kier molecular flexibility index (Phi) is 3.69. The molecule has 0 bridgehead atoms. The quantitative estimate of drug-likeness (QED) is 0.447. The van der Waals surface area contributed by atoms with Gasteiger partial charge in [-0.1, -0.05) is 13.8 Å². The zero-order valence-corrected chi connectivity index (χ0v) is 6.81. The maximum Gasteiger partial charge on any atom is 0.113 e. The molecule has 0 spiro atoms. The first-order valence-electron chi connectivity index (χ1n) is 3.38. The third-order valence-corrected chi connectivity index (χ3v) is 1.33. The van der Waals surface area contributed by atoms with E-state index < -0.39 is 0 Å². The number of nitrogens with zero attached hydrogens (tertiary/aromatic N) is 1. The van der Waals surface area contributed by atoms with Crippen LogP contribution in [0, 0.1) is 11.3 Å². The molecule has 58 valence electrons. The van der Waals surface area contributed by atoms with E-state index in [1.165, 1.54) is 0 Å². The van der Waals surface area contributed by atoms with Crippen LogP contribution in [0.5, 0.6) is 0 Å². The summed E-state index contributed by atoms with van der Waals surface area (Å²) in [4.78, 5) is 4.09. The van der Waals surface area contributed by atoms with Crippen LogP contribution in [0.1, 0.15) is 20.8 Å². The minimum atomic E-state index is 0.125. The first-order valence-corrected chi connectivity index (χ1v) is 3.38. The SMILES string of the molecule is CC(=NCC(=N)N)C(C)C. The third-order valence-electron chi connectivity index (χ3n) is 1.33. The van der Waals surface area contributed by atoms with Gasteiger partial charge < -0.3 is 5.73 Å².